The van der Waals surface area contributed by atoms with E-state index in [0.717, 1.165) is 18.0 Å². The zero-order valence-corrected chi connectivity index (χ0v) is 11.7. The minimum absolute atomic E-state index is 0.0806. The topological polar surface area (TPSA) is 42.8 Å². The normalized spacial score (nSPS) is 22.8. The first kappa shape index (κ1) is 13.9. The van der Waals surface area contributed by atoms with E-state index in [2.05, 4.69) is 12.2 Å². The molecule has 1 fully saturated rings. The van der Waals surface area contributed by atoms with Gasteiger partial charge in [0.2, 0.25) is 0 Å². The summed E-state index contributed by atoms with van der Waals surface area (Å²) in [4.78, 5) is 13.4. The second-order valence-electron chi connectivity index (χ2n) is 5.26. The summed E-state index contributed by atoms with van der Waals surface area (Å²) in [5.74, 6) is 0.841. The number of ether oxygens (including phenoxy) is 1. The predicted octanol–water partition coefficient (Wildman–Crippen LogP) is 1.09. The van der Waals surface area contributed by atoms with Crippen LogP contribution in [0.5, 0.6) is 5.75 Å². The number of rotatable bonds is 4. The SMILES string of the molecule is COc1cccc(NC(=O)C[NH+]2CCCC[C@@H]2C)c1. The van der Waals surface area contributed by atoms with Crippen molar-refractivity contribution < 1.29 is 14.4 Å². The van der Waals surface area contributed by atoms with Crippen molar-refractivity contribution in [1.29, 1.82) is 0 Å². The lowest BCUT2D eigenvalue weighted by molar-refractivity contribution is -0.920. The fraction of sp³-hybridized carbons (Fsp3) is 0.533. The lowest BCUT2D eigenvalue weighted by Gasteiger charge is -2.29. The minimum Gasteiger partial charge on any atom is -0.497 e. The Balaban J connectivity index is 1.89. The Kier molecular flexibility index (Phi) is 4.80. The van der Waals surface area contributed by atoms with Crippen LogP contribution in [0.15, 0.2) is 24.3 Å². The quantitative estimate of drug-likeness (QED) is 0.854. The van der Waals surface area contributed by atoms with Crippen molar-refractivity contribution in [2.45, 2.75) is 32.2 Å². The average Bonchev–Trinajstić information content (AvgIpc) is 2.41. The summed E-state index contributed by atoms with van der Waals surface area (Å²) >= 11 is 0. The molecule has 0 aromatic heterocycles. The maximum absolute atomic E-state index is 12.1. The first-order valence-electron chi connectivity index (χ1n) is 6.97. The van der Waals surface area contributed by atoms with Crippen LogP contribution in [0.25, 0.3) is 0 Å². The molecule has 1 aliphatic rings. The van der Waals surface area contributed by atoms with Gasteiger partial charge in [0.15, 0.2) is 6.54 Å². The Labute approximate surface area is 114 Å². The maximum atomic E-state index is 12.1. The molecule has 2 rings (SSSR count). The van der Waals surface area contributed by atoms with Gasteiger partial charge < -0.3 is 15.0 Å². The van der Waals surface area contributed by atoms with E-state index in [1.165, 1.54) is 24.2 Å². The van der Waals surface area contributed by atoms with Crippen LogP contribution in [0.2, 0.25) is 0 Å². The molecule has 1 aromatic rings. The number of piperidine rings is 1. The molecule has 1 amide bonds. The van der Waals surface area contributed by atoms with Crippen LogP contribution in [0.4, 0.5) is 5.69 Å². The summed E-state index contributed by atoms with van der Waals surface area (Å²) in [6, 6.07) is 8.06. The third-order valence-corrected chi connectivity index (χ3v) is 3.82. The molecule has 1 heterocycles. The number of benzene rings is 1. The molecule has 0 saturated carbocycles. The Morgan fingerprint density at radius 2 is 2.32 bits per heavy atom. The van der Waals surface area contributed by atoms with Gasteiger partial charge in [-0.3, -0.25) is 4.79 Å². The predicted molar refractivity (Wildman–Crippen MR) is 75.6 cm³/mol. The largest absolute Gasteiger partial charge is 0.497 e. The number of carbonyl (C=O) groups is 1. The number of methoxy groups -OCH3 is 1. The highest BCUT2D eigenvalue weighted by atomic mass is 16.5. The molecular weight excluding hydrogens is 240 g/mol. The van der Waals surface area contributed by atoms with E-state index in [1.807, 2.05) is 24.3 Å². The van der Waals surface area contributed by atoms with Gasteiger partial charge in [0, 0.05) is 11.8 Å². The monoisotopic (exact) mass is 263 g/mol. The molecule has 0 bridgehead atoms. The second-order valence-corrected chi connectivity index (χ2v) is 5.26. The number of carbonyl (C=O) groups excluding carboxylic acids is 1. The Hall–Kier alpha value is -1.55. The van der Waals surface area contributed by atoms with E-state index in [0.29, 0.717) is 12.6 Å². The standard InChI is InChI=1S/C15H22N2O2/c1-12-6-3-4-9-17(12)11-15(18)16-13-7-5-8-14(10-13)19-2/h5,7-8,10,12H,3-4,6,9,11H2,1-2H3,(H,16,18)/p+1/t12-/m0/s1. The molecular formula is C15H23N2O2+. The van der Waals surface area contributed by atoms with Crippen molar-refractivity contribution in [3.05, 3.63) is 24.3 Å². The van der Waals surface area contributed by atoms with E-state index in [9.17, 15) is 4.79 Å². The number of amides is 1. The van der Waals surface area contributed by atoms with Gasteiger partial charge in [-0.05, 0) is 38.3 Å². The van der Waals surface area contributed by atoms with Crippen LogP contribution in [0.3, 0.4) is 0 Å². The van der Waals surface area contributed by atoms with Crippen LogP contribution < -0.4 is 15.0 Å². The molecule has 0 spiro atoms. The highest BCUT2D eigenvalue weighted by molar-refractivity contribution is 5.91. The van der Waals surface area contributed by atoms with E-state index >= 15 is 0 Å². The number of hydrogen-bond donors (Lipinski definition) is 2. The number of quaternary nitrogens is 1. The first-order chi connectivity index (χ1) is 9.19. The molecule has 1 unspecified atom stereocenters. The summed E-state index contributed by atoms with van der Waals surface area (Å²) in [5.41, 5.74) is 0.799. The Bertz CT molecular complexity index is 434. The molecule has 1 saturated heterocycles. The lowest BCUT2D eigenvalue weighted by Crippen LogP contribution is -3.17. The molecule has 0 aliphatic carbocycles. The van der Waals surface area contributed by atoms with Crippen molar-refractivity contribution in [1.82, 2.24) is 0 Å². The van der Waals surface area contributed by atoms with Gasteiger partial charge in [0.25, 0.3) is 5.91 Å². The van der Waals surface area contributed by atoms with E-state index in [4.69, 9.17) is 4.74 Å². The van der Waals surface area contributed by atoms with E-state index < -0.39 is 0 Å². The minimum atomic E-state index is 0.0806. The second kappa shape index (κ2) is 6.57. The van der Waals surface area contributed by atoms with Gasteiger partial charge in [0.05, 0.1) is 19.7 Å². The average molecular weight is 263 g/mol. The summed E-state index contributed by atoms with van der Waals surface area (Å²) in [6.45, 7) is 3.89. The van der Waals surface area contributed by atoms with Crippen LogP contribution in [-0.4, -0.2) is 32.1 Å². The number of likely N-dealkylation sites (tertiary alicyclic amines) is 1. The van der Waals surface area contributed by atoms with Crippen LogP contribution in [0, 0.1) is 0 Å². The molecule has 4 nitrogen and oxygen atoms in total. The zero-order valence-electron chi connectivity index (χ0n) is 11.7. The molecule has 19 heavy (non-hydrogen) atoms. The van der Waals surface area contributed by atoms with Gasteiger partial charge in [-0.1, -0.05) is 6.07 Å². The molecule has 104 valence electrons. The number of anilines is 1. The fourth-order valence-corrected chi connectivity index (χ4v) is 2.63. The Morgan fingerprint density at radius 1 is 1.47 bits per heavy atom. The van der Waals surface area contributed by atoms with Crippen molar-refractivity contribution in [3.8, 4) is 5.75 Å². The van der Waals surface area contributed by atoms with Crippen LogP contribution in [0.1, 0.15) is 26.2 Å². The summed E-state index contributed by atoms with van der Waals surface area (Å²) in [7, 11) is 1.63. The van der Waals surface area contributed by atoms with Crippen molar-refractivity contribution in [2.24, 2.45) is 0 Å². The molecule has 1 aliphatic heterocycles. The smallest absolute Gasteiger partial charge is 0.279 e. The first-order valence-corrected chi connectivity index (χ1v) is 6.97. The van der Waals surface area contributed by atoms with Gasteiger partial charge in [-0.15, -0.1) is 0 Å². The van der Waals surface area contributed by atoms with Gasteiger partial charge in [-0.2, -0.15) is 0 Å². The third-order valence-electron chi connectivity index (χ3n) is 3.82. The summed E-state index contributed by atoms with van der Waals surface area (Å²) < 4.78 is 5.15. The molecule has 0 radical (unpaired) electrons. The third kappa shape index (κ3) is 3.96. The van der Waals surface area contributed by atoms with Gasteiger partial charge >= 0.3 is 0 Å². The molecule has 4 heteroatoms. The summed E-state index contributed by atoms with van der Waals surface area (Å²) in [6.07, 6.45) is 3.75. The van der Waals surface area contributed by atoms with Crippen LogP contribution >= 0.6 is 0 Å². The molecule has 2 N–H and O–H groups in total. The van der Waals surface area contributed by atoms with Crippen LogP contribution in [-0.2, 0) is 4.79 Å². The number of nitrogens with one attached hydrogen (secondary N) is 2. The Morgan fingerprint density at radius 3 is 3.05 bits per heavy atom. The van der Waals surface area contributed by atoms with Crippen molar-refractivity contribution >= 4 is 11.6 Å². The molecule has 2 atom stereocenters. The highest BCUT2D eigenvalue weighted by Crippen LogP contribution is 2.16. The fourth-order valence-electron chi connectivity index (χ4n) is 2.63. The van der Waals surface area contributed by atoms with E-state index in [-0.39, 0.29) is 5.91 Å². The van der Waals surface area contributed by atoms with E-state index in [1.54, 1.807) is 7.11 Å². The zero-order chi connectivity index (χ0) is 13.7. The summed E-state index contributed by atoms with van der Waals surface area (Å²) in [5, 5.41) is 2.94. The maximum Gasteiger partial charge on any atom is 0.279 e. The number of hydrogen-bond acceptors (Lipinski definition) is 2. The van der Waals surface area contributed by atoms with Gasteiger partial charge in [-0.25, -0.2) is 0 Å². The lowest BCUT2D eigenvalue weighted by atomic mass is 10.0. The van der Waals surface area contributed by atoms with Crippen molar-refractivity contribution in [2.75, 3.05) is 25.5 Å². The molecule has 1 aromatic carbocycles. The van der Waals surface area contributed by atoms with Crippen molar-refractivity contribution in [3.63, 3.8) is 0 Å². The van der Waals surface area contributed by atoms with Gasteiger partial charge in [0.1, 0.15) is 5.75 Å². The highest BCUT2D eigenvalue weighted by Gasteiger charge is 2.24.